The molecule has 1 aromatic carbocycles. The van der Waals surface area contributed by atoms with Gasteiger partial charge in [-0.1, -0.05) is 29.8 Å². The summed E-state index contributed by atoms with van der Waals surface area (Å²) in [5.74, 6) is 0.519. The second kappa shape index (κ2) is 6.02. The molecule has 0 aromatic heterocycles. The van der Waals surface area contributed by atoms with Crippen LogP contribution in [0.4, 0.5) is 4.79 Å². The molecular formula is C15H19ClN2O2. The number of amides is 1. The summed E-state index contributed by atoms with van der Waals surface area (Å²) in [6, 6.07) is 7.85. The Bertz CT molecular complexity index is 489. The Morgan fingerprint density at radius 3 is 2.80 bits per heavy atom. The summed E-state index contributed by atoms with van der Waals surface area (Å²) >= 11 is 6.20. The summed E-state index contributed by atoms with van der Waals surface area (Å²) in [5, 5.41) is 4.06. The van der Waals surface area contributed by atoms with E-state index in [4.69, 9.17) is 16.3 Å². The molecule has 3 rings (SSSR count). The van der Waals surface area contributed by atoms with Crippen LogP contribution in [-0.4, -0.2) is 36.7 Å². The molecule has 0 bridgehead atoms. The molecule has 0 aliphatic carbocycles. The van der Waals surface area contributed by atoms with Crippen molar-refractivity contribution in [3.63, 3.8) is 0 Å². The standard InChI is InChI=1S/C15H19ClN2O2/c16-13-4-2-1-3-12(13)9-18-14(10-20-15(18)19)11-5-7-17-8-6-11/h1-4,11,14,17H,5-10H2. The Labute approximate surface area is 124 Å². The van der Waals surface area contributed by atoms with Gasteiger partial charge in [-0.05, 0) is 43.5 Å². The van der Waals surface area contributed by atoms with Crippen LogP contribution >= 0.6 is 11.6 Å². The Morgan fingerprint density at radius 2 is 2.05 bits per heavy atom. The summed E-state index contributed by atoms with van der Waals surface area (Å²) in [6.07, 6.45) is 1.98. The largest absolute Gasteiger partial charge is 0.447 e. The summed E-state index contributed by atoms with van der Waals surface area (Å²) in [4.78, 5) is 13.8. The van der Waals surface area contributed by atoms with Crippen LogP contribution < -0.4 is 5.32 Å². The molecular weight excluding hydrogens is 276 g/mol. The molecule has 108 valence electrons. The average molecular weight is 295 g/mol. The molecule has 0 spiro atoms. The van der Waals surface area contributed by atoms with Gasteiger partial charge in [-0.3, -0.25) is 4.90 Å². The van der Waals surface area contributed by atoms with Gasteiger partial charge in [-0.15, -0.1) is 0 Å². The normalized spacial score (nSPS) is 23.9. The zero-order chi connectivity index (χ0) is 13.9. The van der Waals surface area contributed by atoms with E-state index in [1.165, 1.54) is 0 Å². The van der Waals surface area contributed by atoms with E-state index in [9.17, 15) is 4.79 Å². The predicted molar refractivity (Wildman–Crippen MR) is 77.7 cm³/mol. The molecule has 1 amide bonds. The van der Waals surface area contributed by atoms with Crippen molar-refractivity contribution in [3.05, 3.63) is 34.9 Å². The van der Waals surface area contributed by atoms with Crippen molar-refractivity contribution in [1.29, 1.82) is 0 Å². The number of ether oxygens (including phenoxy) is 1. The van der Waals surface area contributed by atoms with Gasteiger partial charge in [0, 0.05) is 5.02 Å². The van der Waals surface area contributed by atoms with Gasteiger partial charge in [-0.25, -0.2) is 4.79 Å². The van der Waals surface area contributed by atoms with E-state index in [1.54, 1.807) is 0 Å². The smallest absolute Gasteiger partial charge is 0.410 e. The van der Waals surface area contributed by atoms with Gasteiger partial charge >= 0.3 is 6.09 Å². The van der Waals surface area contributed by atoms with Crippen molar-refractivity contribution in [2.45, 2.75) is 25.4 Å². The highest BCUT2D eigenvalue weighted by Gasteiger charge is 2.38. The Morgan fingerprint density at radius 1 is 1.30 bits per heavy atom. The predicted octanol–water partition coefficient (Wildman–Crippen LogP) is 2.66. The van der Waals surface area contributed by atoms with E-state index >= 15 is 0 Å². The number of carbonyl (C=O) groups excluding carboxylic acids is 1. The van der Waals surface area contributed by atoms with Crippen LogP contribution in [0.2, 0.25) is 5.02 Å². The molecule has 2 aliphatic rings. The van der Waals surface area contributed by atoms with Crippen LogP contribution in [0.1, 0.15) is 18.4 Å². The number of cyclic esters (lactones) is 1. The number of piperidine rings is 1. The number of hydrogen-bond donors (Lipinski definition) is 1. The van der Waals surface area contributed by atoms with Crippen molar-refractivity contribution in [3.8, 4) is 0 Å². The van der Waals surface area contributed by atoms with Gasteiger partial charge in [0.1, 0.15) is 6.61 Å². The summed E-state index contributed by atoms with van der Waals surface area (Å²) < 4.78 is 5.27. The fraction of sp³-hybridized carbons (Fsp3) is 0.533. The van der Waals surface area contributed by atoms with Crippen LogP contribution in [0.25, 0.3) is 0 Å². The minimum absolute atomic E-state index is 0.181. The SMILES string of the molecule is O=C1OCC(C2CCNCC2)N1Cc1ccccc1Cl. The maximum Gasteiger partial charge on any atom is 0.410 e. The first-order valence-corrected chi connectivity index (χ1v) is 7.51. The number of nitrogens with zero attached hydrogens (tertiary/aromatic N) is 1. The third-order valence-electron chi connectivity index (χ3n) is 4.24. The first kappa shape index (κ1) is 13.7. The number of nitrogens with one attached hydrogen (secondary N) is 1. The van der Waals surface area contributed by atoms with Crippen molar-refractivity contribution < 1.29 is 9.53 Å². The van der Waals surface area contributed by atoms with Gasteiger partial charge in [0.2, 0.25) is 0 Å². The fourth-order valence-corrected chi connectivity index (χ4v) is 3.27. The molecule has 2 saturated heterocycles. The lowest BCUT2D eigenvalue weighted by Gasteiger charge is -2.32. The molecule has 1 atom stereocenters. The van der Waals surface area contributed by atoms with Gasteiger partial charge in [0.05, 0.1) is 12.6 Å². The second-order valence-electron chi connectivity index (χ2n) is 5.45. The highest BCUT2D eigenvalue weighted by atomic mass is 35.5. The number of rotatable bonds is 3. The Hall–Kier alpha value is -1.26. The van der Waals surface area contributed by atoms with E-state index in [-0.39, 0.29) is 12.1 Å². The van der Waals surface area contributed by atoms with E-state index < -0.39 is 0 Å². The van der Waals surface area contributed by atoms with E-state index in [0.29, 0.717) is 24.1 Å². The lowest BCUT2D eigenvalue weighted by atomic mass is 9.90. The summed E-state index contributed by atoms with van der Waals surface area (Å²) in [5.41, 5.74) is 0.979. The summed E-state index contributed by atoms with van der Waals surface area (Å²) in [7, 11) is 0. The maximum atomic E-state index is 12.0. The number of benzene rings is 1. The molecule has 2 aliphatic heterocycles. The van der Waals surface area contributed by atoms with Crippen LogP contribution in [-0.2, 0) is 11.3 Å². The Kier molecular flexibility index (Phi) is 4.13. The molecule has 20 heavy (non-hydrogen) atoms. The molecule has 1 N–H and O–H groups in total. The number of hydrogen-bond acceptors (Lipinski definition) is 3. The van der Waals surface area contributed by atoms with Crippen molar-refractivity contribution in [1.82, 2.24) is 10.2 Å². The lowest BCUT2D eigenvalue weighted by Crippen LogP contribution is -2.43. The molecule has 2 fully saturated rings. The second-order valence-corrected chi connectivity index (χ2v) is 5.86. The van der Waals surface area contributed by atoms with Crippen LogP contribution in [0.3, 0.4) is 0 Å². The highest BCUT2D eigenvalue weighted by Crippen LogP contribution is 2.29. The van der Waals surface area contributed by atoms with E-state index in [1.807, 2.05) is 29.2 Å². The third-order valence-corrected chi connectivity index (χ3v) is 4.61. The zero-order valence-corrected chi connectivity index (χ0v) is 12.1. The van der Waals surface area contributed by atoms with Crippen molar-refractivity contribution >= 4 is 17.7 Å². The summed E-state index contributed by atoms with van der Waals surface area (Å²) in [6.45, 7) is 3.09. The number of halogens is 1. The molecule has 4 nitrogen and oxygen atoms in total. The third kappa shape index (κ3) is 2.76. The highest BCUT2D eigenvalue weighted by molar-refractivity contribution is 6.31. The minimum atomic E-state index is -0.214. The molecule has 5 heteroatoms. The van der Waals surface area contributed by atoms with Crippen molar-refractivity contribution in [2.75, 3.05) is 19.7 Å². The lowest BCUT2D eigenvalue weighted by molar-refractivity contribution is 0.151. The van der Waals surface area contributed by atoms with Gasteiger partial charge in [0.15, 0.2) is 0 Å². The quantitative estimate of drug-likeness (QED) is 0.932. The van der Waals surface area contributed by atoms with Crippen LogP contribution in [0.15, 0.2) is 24.3 Å². The molecule has 2 heterocycles. The maximum absolute atomic E-state index is 12.0. The molecule has 0 saturated carbocycles. The van der Waals surface area contributed by atoms with Gasteiger partial charge < -0.3 is 10.1 Å². The van der Waals surface area contributed by atoms with E-state index in [0.717, 1.165) is 31.5 Å². The zero-order valence-electron chi connectivity index (χ0n) is 11.3. The molecule has 0 radical (unpaired) electrons. The first-order chi connectivity index (χ1) is 9.75. The van der Waals surface area contributed by atoms with Crippen LogP contribution in [0.5, 0.6) is 0 Å². The van der Waals surface area contributed by atoms with Crippen molar-refractivity contribution in [2.24, 2.45) is 5.92 Å². The average Bonchev–Trinajstić information content (AvgIpc) is 2.84. The number of carbonyl (C=O) groups is 1. The molecule has 1 unspecified atom stereocenters. The Balaban J connectivity index is 1.75. The monoisotopic (exact) mass is 294 g/mol. The van der Waals surface area contributed by atoms with Gasteiger partial charge in [0.25, 0.3) is 0 Å². The van der Waals surface area contributed by atoms with E-state index in [2.05, 4.69) is 5.32 Å². The minimum Gasteiger partial charge on any atom is -0.447 e. The topological polar surface area (TPSA) is 41.6 Å². The fourth-order valence-electron chi connectivity index (χ4n) is 3.08. The van der Waals surface area contributed by atoms with Gasteiger partial charge in [-0.2, -0.15) is 0 Å². The first-order valence-electron chi connectivity index (χ1n) is 7.13. The van der Waals surface area contributed by atoms with Crippen LogP contribution in [0, 0.1) is 5.92 Å². The molecule has 1 aromatic rings.